The molecule has 3 aromatic rings. The number of benzene rings is 2. The van der Waals surface area contributed by atoms with Gasteiger partial charge in [-0.25, -0.2) is 4.39 Å². The van der Waals surface area contributed by atoms with E-state index in [4.69, 9.17) is 0 Å². The van der Waals surface area contributed by atoms with Crippen molar-refractivity contribution in [2.24, 2.45) is 7.05 Å². The molecule has 1 saturated heterocycles. The fourth-order valence-electron chi connectivity index (χ4n) is 2.77. The van der Waals surface area contributed by atoms with Gasteiger partial charge in [-0.15, -0.1) is 0 Å². The molecule has 0 unspecified atom stereocenters. The summed E-state index contributed by atoms with van der Waals surface area (Å²) < 4.78 is 20.7. The van der Waals surface area contributed by atoms with Gasteiger partial charge in [-0.1, -0.05) is 6.07 Å². The molecule has 1 fully saturated rings. The molecular formula is C16H13FN4O2S. The Kier molecular flexibility index (Phi) is 3.34. The van der Waals surface area contributed by atoms with Crippen molar-refractivity contribution in [3.8, 4) is 16.9 Å². The third-order valence-corrected chi connectivity index (χ3v) is 4.81. The summed E-state index contributed by atoms with van der Waals surface area (Å²) in [5.74, 6) is -1.01. The largest absolute Gasteiger partial charge is 0.506 e. The zero-order valence-electron chi connectivity index (χ0n) is 12.7. The zero-order valence-corrected chi connectivity index (χ0v) is 13.5. The van der Waals surface area contributed by atoms with Crippen LogP contribution >= 0.6 is 12.1 Å². The third kappa shape index (κ3) is 2.26. The highest BCUT2D eigenvalue weighted by Crippen LogP contribution is 2.40. The summed E-state index contributed by atoms with van der Waals surface area (Å²) in [6.07, 6.45) is 1.72. The van der Waals surface area contributed by atoms with E-state index in [9.17, 15) is 9.90 Å². The fourth-order valence-corrected chi connectivity index (χ4v) is 3.49. The molecule has 0 radical (unpaired) electrons. The molecule has 8 heteroatoms. The van der Waals surface area contributed by atoms with Crippen LogP contribution in [0.3, 0.4) is 0 Å². The first-order chi connectivity index (χ1) is 11.5. The first-order valence-electron chi connectivity index (χ1n) is 7.21. The van der Waals surface area contributed by atoms with Crippen LogP contribution in [-0.2, 0) is 11.8 Å². The van der Waals surface area contributed by atoms with Crippen molar-refractivity contribution in [2.75, 3.05) is 10.8 Å². The lowest BCUT2D eigenvalue weighted by atomic mass is 10.0. The number of halogens is 1. The average molecular weight is 344 g/mol. The van der Waals surface area contributed by atoms with E-state index >= 15 is 4.39 Å². The SMILES string of the molecule is Cn1ncc2cc(-c3ccc(O)c(N4CC(=O)NS4)c3F)ccc21. The molecule has 0 spiro atoms. The van der Waals surface area contributed by atoms with Gasteiger partial charge in [0, 0.05) is 18.0 Å². The second kappa shape index (κ2) is 5.41. The predicted molar refractivity (Wildman–Crippen MR) is 90.9 cm³/mol. The summed E-state index contributed by atoms with van der Waals surface area (Å²) in [5.41, 5.74) is 1.98. The lowest BCUT2D eigenvalue weighted by Crippen LogP contribution is -2.16. The first-order valence-corrected chi connectivity index (χ1v) is 7.99. The zero-order chi connectivity index (χ0) is 16.8. The molecule has 0 atom stereocenters. The second-order valence-corrected chi connectivity index (χ2v) is 6.32. The number of phenols is 1. The Morgan fingerprint density at radius 1 is 1.33 bits per heavy atom. The molecule has 2 heterocycles. The minimum absolute atomic E-state index is 0.00198. The highest BCUT2D eigenvalue weighted by atomic mass is 32.2. The number of anilines is 1. The molecule has 0 saturated carbocycles. The lowest BCUT2D eigenvalue weighted by molar-refractivity contribution is -0.117. The Bertz CT molecular complexity index is 972. The number of carbonyl (C=O) groups is 1. The normalized spacial score (nSPS) is 14.4. The lowest BCUT2D eigenvalue weighted by Gasteiger charge is -2.18. The van der Waals surface area contributed by atoms with E-state index in [0.717, 1.165) is 23.0 Å². The number of phenolic OH excluding ortho intramolecular Hbond substituents is 1. The second-order valence-electron chi connectivity index (χ2n) is 5.49. The van der Waals surface area contributed by atoms with Gasteiger partial charge in [-0.3, -0.25) is 18.5 Å². The number of aryl methyl sites for hydroxylation is 1. The standard InChI is InChI=1S/C16H13FN4O2S/c1-20-12-4-2-9(6-10(12)7-18-20)11-3-5-13(22)16(15(11)17)21-8-14(23)19-24-21/h2-7,22H,8H2,1H3,(H,19,23). The molecule has 0 aliphatic carbocycles. The number of fused-ring (bicyclic) bond motifs is 1. The molecule has 1 aliphatic heterocycles. The van der Waals surface area contributed by atoms with Gasteiger partial charge in [-0.2, -0.15) is 5.10 Å². The van der Waals surface area contributed by atoms with Crippen LogP contribution < -0.4 is 9.03 Å². The maximum atomic E-state index is 15.0. The van der Waals surface area contributed by atoms with E-state index in [2.05, 4.69) is 9.82 Å². The van der Waals surface area contributed by atoms with Crippen molar-refractivity contribution in [1.82, 2.24) is 14.5 Å². The van der Waals surface area contributed by atoms with Crippen molar-refractivity contribution >= 4 is 34.6 Å². The Balaban J connectivity index is 1.84. The Hall–Kier alpha value is -2.74. The van der Waals surface area contributed by atoms with Crippen LogP contribution in [0.1, 0.15) is 0 Å². The van der Waals surface area contributed by atoms with Gasteiger partial charge in [0.25, 0.3) is 5.91 Å². The van der Waals surface area contributed by atoms with E-state index in [0.29, 0.717) is 11.1 Å². The predicted octanol–water partition coefficient (Wildman–Crippen LogP) is 2.58. The fraction of sp³-hybridized carbons (Fsp3) is 0.125. The summed E-state index contributed by atoms with van der Waals surface area (Å²) in [6, 6.07) is 8.50. The van der Waals surface area contributed by atoms with Crippen LogP contribution in [0.2, 0.25) is 0 Å². The summed E-state index contributed by atoms with van der Waals surface area (Å²) in [5, 5.41) is 15.1. The molecule has 1 aliphatic rings. The molecule has 1 amide bonds. The van der Waals surface area contributed by atoms with Crippen molar-refractivity contribution in [2.45, 2.75) is 0 Å². The van der Waals surface area contributed by atoms with Crippen molar-refractivity contribution in [3.05, 3.63) is 42.3 Å². The van der Waals surface area contributed by atoms with Crippen LogP contribution in [0, 0.1) is 5.82 Å². The van der Waals surface area contributed by atoms with Gasteiger partial charge in [0.2, 0.25) is 0 Å². The highest BCUT2D eigenvalue weighted by molar-refractivity contribution is 7.99. The maximum Gasteiger partial charge on any atom is 0.251 e. The number of nitrogens with zero attached hydrogens (tertiary/aromatic N) is 3. The first kappa shape index (κ1) is 14.8. The van der Waals surface area contributed by atoms with Gasteiger partial charge < -0.3 is 5.11 Å². The number of hydrogen-bond acceptors (Lipinski definition) is 5. The van der Waals surface area contributed by atoms with Gasteiger partial charge in [-0.05, 0) is 29.8 Å². The van der Waals surface area contributed by atoms with Gasteiger partial charge >= 0.3 is 0 Å². The summed E-state index contributed by atoms with van der Waals surface area (Å²) >= 11 is 0.962. The number of carbonyl (C=O) groups excluding carboxylic acids is 1. The number of nitrogens with one attached hydrogen (secondary N) is 1. The highest BCUT2D eigenvalue weighted by Gasteiger charge is 2.27. The molecule has 2 aromatic carbocycles. The van der Waals surface area contributed by atoms with E-state index in [-0.39, 0.29) is 23.9 Å². The number of rotatable bonds is 2. The van der Waals surface area contributed by atoms with Crippen LogP contribution in [0.5, 0.6) is 5.75 Å². The molecule has 6 nitrogen and oxygen atoms in total. The number of hydrogen-bond donors (Lipinski definition) is 2. The Morgan fingerprint density at radius 3 is 2.92 bits per heavy atom. The van der Waals surface area contributed by atoms with E-state index in [1.807, 2.05) is 25.2 Å². The van der Waals surface area contributed by atoms with Crippen molar-refractivity contribution in [3.63, 3.8) is 0 Å². The molecule has 122 valence electrons. The average Bonchev–Trinajstić information content (AvgIpc) is 3.14. The monoisotopic (exact) mass is 344 g/mol. The molecule has 1 aromatic heterocycles. The number of aromatic hydroxyl groups is 1. The van der Waals surface area contributed by atoms with Crippen LogP contribution in [0.4, 0.5) is 10.1 Å². The molecule has 24 heavy (non-hydrogen) atoms. The molecule has 2 N–H and O–H groups in total. The van der Waals surface area contributed by atoms with Crippen LogP contribution in [0.25, 0.3) is 22.0 Å². The van der Waals surface area contributed by atoms with Gasteiger partial charge in [0.15, 0.2) is 5.82 Å². The van der Waals surface area contributed by atoms with Crippen LogP contribution in [-0.4, -0.2) is 27.3 Å². The topological polar surface area (TPSA) is 70.4 Å². The van der Waals surface area contributed by atoms with E-state index in [1.165, 1.54) is 16.4 Å². The van der Waals surface area contributed by atoms with Gasteiger partial charge in [0.05, 0.1) is 23.8 Å². The van der Waals surface area contributed by atoms with Crippen molar-refractivity contribution < 1.29 is 14.3 Å². The third-order valence-electron chi connectivity index (χ3n) is 3.96. The summed E-state index contributed by atoms with van der Waals surface area (Å²) in [7, 11) is 1.84. The van der Waals surface area contributed by atoms with E-state index < -0.39 is 5.82 Å². The summed E-state index contributed by atoms with van der Waals surface area (Å²) in [4.78, 5) is 11.4. The van der Waals surface area contributed by atoms with Crippen molar-refractivity contribution in [1.29, 1.82) is 0 Å². The minimum atomic E-state index is -0.567. The molecular weight excluding hydrogens is 331 g/mol. The minimum Gasteiger partial charge on any atom is -0.506 e. The maximum absolute atomic E-state index is 15.0. The molecule has 0 bridgehead atoms. The quantitative estimate of drug-likeness (QED) is 0.699. The molecule has 4 rings (SSSR count). The van der Waals surface area contributed by atoms with E-state index in [1.54, 1.807) is 10.9 Å². The number of aromatic nitrogens is 2. The smallest absolute Gasteiger partial charge is 0.251 e. The summed E-state index contributed by atoms with van der Waals surface area (Å²) in [6.45, 7) is -0.0137. The van der Waals surface area contributed by atoms with Crippen LogP contribution in [0.15, 0.2) is 36.5 Å². The Labute approximate surface area is 141 Å². The number of amides is 1. The Morgan fingerprint density at radius 2 is 2.17 bits per heavy atom. The van der Waals surface area contributed by atoms with Gasteiger partial charge in [0.1, 0.15) is 18.0 Å².